The molecule has 0 saturated heterocycles. The lowest BCUT2D eigenvalue weighted by atomic mass is 10.1. The molecule has 0 radical (unpaired) electrons. The number of nitrogens with two attached hydrogens (primary N) is 1. The SMILES string of the molecule is Cc1ccc(N)cc1-c1nc(-c2ccccc2)no1. The molecule has 0 bridgehead atoms. The maximum absolute atomic E-state index is 5.79. The second-order valence-corrected chi connectivity index (χ2v) is 4.36. The zero-order valence-electron chi connectivity index (χ0n) is 10.5. The molecule has 0 aliphatic rings. The Hall–Kier alpha value is -2.62. The summed E-state index contributed by atoms with van der Waals surface area (Å²) in [5.41, 5.74) is 9.33. The van der Waals surface area contributed by atoms with Crippen LogP contribution in [0.2, 0.25) is 0 Å². The number of anilines is 1. The van der Waals surface area contributed by atoms with Crippen LogP contribution in [-0.2, 0) is 0 Å². The molecule has 3 aromatic rings. The van der Waals surface area contributed by atoms with Gasteiger partial charge in [0.25, 0.3) is 5.89 Å². The molecule has 1 aromatic heterocycles. The van der Waals surface area contributed by atoms with Crippen LogP contribution in [0.15, 0.2) is 53.1 Å². The molecule has 0 fully saturated rings. The van der Waals surface area contributed by atoms with Gasteiger partial charge in [-0.25, -0.2) is 0 Å². The van der Waals surface area contributed by atoms with Crippen molar-refractivity contribution in [3.8, 4) is 22.8 Å². The van der Waals surface area contributed by atoms with E-state index >= 15 is 0 Å². The van der Waals surface area contributed by atoms with Crippen LogP contribution in [0.4, 0.5) is 5.69 Å². The molecule has 3 rings (SSSR count). The third kappa shape index (κ3) is 2.20. The van der Waals surface area contributed by atoms with E-state index in [2.05, 4.69) is 10.1 Å². The molecular weight excluding hydrogens is 238 g/mol. The summed E-state index contributed by atoms with van der Waals surface area (Å²) in [7, 11) is 0. The Morgan fingerprint density at radius 1 is 1.05 bits per heavy atom. The standard InChI is InChI=1S/C15H13N3O/c1-10-7-8-12(16)9-13(10)15-17-14(18-19-15)11-5-3-2-4-6-11/h2-9H,16H2,1H3. The number of nitrogen functional groups attached to an aromatic ring is 1. The molecule has 19 heavy (non-hydrogen) atoms. The van der Waals surface area contributed by atoms with E-state index in [0.29, 0.717) is 17.4 Å². The summed E-state index contributed by atoms with van der Waals surface area (Å²) in [4.78, 5) is 4.42. The Bertz CT molecular complexity index is 704. The Balaban J connectivity index is 2.04. The van der Waals surface area contributed by atoms with Crippen LogP contribution in [0.3, 0.4) is 0 Å². The minimum absolute atomic E-state index is 0.489. The predicted octanol–water partition coefficient (Wildman–Crippen LogP) is 3.29. The van der Waals surface area contributed by atoms with Gasteiger partial charge in [0, 0.05) is 16.8 Å². The van der Waals surface area contributed by atoms with Gasteiger partial charge in [0.05, 0.1) is 0 Å². The first-order chi connectivity index (χ1) is 9.24. The van der Waals surface area contributed by atoms with Crippen LogP contribution in [0.5, 0.6) is 0 Å². The number of aryl methyl sites for hydroxylation is 1. The first-order valence-electron chi connectivity index (χ1n) is 5.99. The number of nitrogens with zero attached hydrogens (tertiary/aromatic N) is 2. The number of benzene rings is 2. The second-order valence-electron chi connectivity index (χ2n) is 4.36. The molecule has 4 nitrogen and oxygen atoms in total. The van der Waals surface area contributed by atoms with Crippen molar-refractivity contribution >= 4 is 5.69 Å². The maximum Gasteiger partial charge on any atom is 0.258 e. The molecule has 0 atom stereocenters. The van der Waals surface area contributed by atoms with Crippen LogP contribution >= 0.6 is 0 Å². The van der Waals surface area contributed by atoms with Crippen LogP contribution in [0, 0.1) is 6.92 Å². The monoisotopic (exact) mass is 251 g/mol. The molecule has 0 unspecified atom stereocenters. The highest BCUT2D eigenvalue weighted by Crippen LogP contribution is 2.26. The van der Waals surface area contributed by atoms with Crippen LogP contribution in [0.1, 0.15) is 5.56 Å². The van der Waals surface area contributed by atoms with Gasteiger partial charge in [-0.15, -0.1) is 0 Å². The van der Waals surface area contributed by atoms with Gasteiger partial charge in [0.1, 0.15) is 0 Å². The summed E-state index contributed by atoms with van der Waals surface area (Å²) in [5, 5.41) is 4.01. The molecular formula is C15H13N3O. The van der Waals surface area contributed by atoms with E-state index < -0.39 is 0 Å². The van der Waals surface area contributed by atoms with Crippen LogP contribution < -0.4 is 5.73 Å². The highest BCUT2D eigenvalue weighted by molar-refractivity contribution is 5.66. The van der Waals surface area contributed by atoms with E-state index in [4.69, 9.17) is 10.3 Å². The van der Waals surface area contributed by atoms with Crippen molar-refractivity contribution in [1.29, 1.82) is 0 Å². The fourth-order valence-electron chi connectivity index (χ4n) is 1.91. The van der Waals surface area contributed by atoms with Gasteiger partial charge in [0.15, 0.2) is 0 Å². The first-order valence-corrected chi connectivity index (χ1v) is 5.99. The topological polar surface area (TPSA) is 64.9 Å². The number of aromatic nitrogens is 2. The van der Waals surface area contributed by atoms with E-state index in [9.17, 15) is 0 Å². The van der Waals surface area contributed by atoms with Crippen molar-refractivity contribution in [1.82, 2.24) is 10.1 Å². The molecule has 2 N–H and O–H groups in total. The summed E-state index contributed by atoms with van der Waals surface area (Å²) >= 11 is 0. The molecule has 94 valence electrons. The summed E-state index contributed by atoms with van der Waals surface area (Å²) in [5.74, 6) is 1.07. The third-order valence-electron chi connectivity index (χ3n) is 2.95. The average molecular weight is 251 g/mol. The molecule has 0 saturated carbocycles. The van der Waals surface area contributed by atoms with Crippen molar-refractivity contribution in [2.24, 2.45) is 0 Å². The summed E-state index contributed by atoms with van der Waals surface area (Å²) in [6.45, 7) is 1.99. The van der Waals surface area contributed by atoms with Crippen LogP contribution in [0.25, 0.3) is 22.8 Å². The van der Waals surface area contributed by atoms with Crippen molar-refractivity contribution < 1.29 is 4.52 Å². The lowest BCUT2D eigenvalue weighted by Crippen LogP contribution is -1.89. The van der Waals surface area contributed by atoms with E-state index in [1.165, 1.54) is 0 Å². The van der Waals surface area contributed by atoms with Gasteiger partial charge in [-0.1, -0.05) is 41.6 Å². The molecule has 1 heterocycles. The van der Waals surface area contributed by atoms with Gasteiger partial charge in [0.2, 0.25) is 5.82 Å². The predicted molar refractivity (Wildman–Crippen MR) is 74.3 cm³/mol. The van der Waals surface area contributed by atoms with Crippen molar-refractivity contribution in [2.75, 3.05) is 5.73 Å². The largest absolute Gasteiger partial charge is 0.399 e. The van der Waals surface area contributed by atoms with E-state index in [1.54, 1.807) is 0 Å². The van der Waals surface area contributed by atoms with E-state index in [1.807, 2.05) is 55.5 Å². The van der Waals surface area contributed by atoms with Gasteiger partial charge in [-0.2, -0.15) is 4.98 Å². The Morgan fingerprint density at radius 3 is 2.63 bits per heavy atom. The number of hydrogen-bond acceptors (Lipinski definition) is 4. The van der Waals surface area contributed by atoms with Gasteiger partial charge in [-0.05, 0) is 24.6 Å². The Kier molecular flexibility index (Phi) is 2.76. The molecule has 2 aromatic carbocycles. The zero-order valence-corrected chi connectivity index (χ0v) is 10.5. The fraction of sp³-hybridized carbons (Fsp3) is 0.0667. The molecule has 0 aliphatic carbocycles. The normalized spacial score (nSPS) is 10.6. The lowest BCUT2D eigenvalue weighted by Gasteiger charge is -2.01. The van der Waals surface area contributed by atoms with Crippen molar-refractivity contribution in [3.63, 3.8) is 0 Å². The van der Waals surface area contributed by atoms with Gasteiger partial charge >= 0.3 is 0 Å². The summed E-state index contributed by atoms with van der Waals surface area (Å²) in [6.07, 6.45) is 0. The molecule has 0 amide bonds. The Labute approximate surface area is 110 Å². The van der Waals surface area contributed by atoms with Crippen molar-refractivity contribution in [2.45, 2.75) is 6.92 Å². The lowest BCUT2D eigenvalue weighted by molar-refractivity contribution is 0.432. The molecule has 0 spiro atoms. The molecule has 0 aliphatic heterocycles. The molecule has 4 heteroatoms. The zero-order chi connectivity index (χ0) is 13.2. The van der Waals surface area contributed by atoms with E-state index in [-0.39, 0.29) is 0 Å². The number of rotatable bonds is 2. The van der Waals surface area contributed by atoms with Gasteiger partial charge < -0.3 is 10.3 Å². The third-order valence-corrected chi connectivity index (χ3v) is 2.95. The number of hydrogen-bond donors (Lipinski definition) is 1. The Morgan fingerprint density at radius 2 is 1.84 bits per heavy atom. The second kappa shape index (κ2) is 4.57. The smallest absolute Gasteiger partial charge is 0.258 e. The van der Waals surface area contributed by atoms with Gasteiger partial charge in [-0.3, -0.25) is 0 Å². The average Bonchev–Trinajstić information content (AvgIpc) is 2.92. The highest BCUT2D eigenvalue weighted by Gasteiger charge is 2.12. The minimum Gasteiger partial charge on any atom is -0.399 e. The van der Waals surface area contributed by atoms with Crippen LogP contribution in [-0.4, -0.2) is 10.1 Å². The minimum atomic E-state index is 0.489. The quantitative estimate of drug-likeness (QED) is 0.710. The van der Waals surface area contributed by atoms with Crippen molar-refractivity contribution in [3.05, 3.63) is 54.1 Å². The fourth-order valence-corrected chi connectivity index (χ4v) is 1.91. The summed E-state index contributed by atoms with van der Waals surface area (Å²) in [6, 6.07) is 15.4. The summed E-state index contributed by atoms with van der Waals surface area (Å²) < 4.78 is 5.32. The first kappa shape index (κ1) is 11.5. The van der Waals surface area contributed by atoms with E-state index in [0.717, 1.165) is 16.7 Å². The highest BCUT2D eigenvalue weighted by atomic mass is 16.5. The maximum atomic E-state index is 5.79.